The Labute approximate surface area is 101 Å². The molecular formula is C10H16ClN3O2. The molecule has 0 aliphatic carbocycles. The van der Waals surface area contributed by atoms with Crippen LogP contribution in [-0.4, -0.2) is 36.3 Å². The van der Waals surface area contributed by atoms with Crippen molar-refractivity contribution in [1.82, 2.24) is 15.3 Å². The lowest BCUT2D eigenvalue weighted by Gasteiger charge is -2.23. The van der Waals surface area contributed by atoms with Gasteiger partial charge >= 0.3 is 6.01 Å². The van der Waals surface area contributed by atoms with Crippen LogP contribution in [0.5, 0.6) is 11.9 Å². The van der Waals surface area contributed by atoms with E-state index in [-0.39, 0.29) is 18.5 Å². The fourth-order valence-corrected chi connectivity index (χ4v) is 1.57. The molecule has 1 aliphatic heterocycles. The molecule has 1 aromatic rings. The molecule has 0 radical (unpaired) electrons. The Hall–Kier alpha value is -1.07. The fourth-order valence-electron chi connectivity index (χ4n) is 1.57. The van der Waals surface area contributed by atoms with E-state index in [0.717, 1.165) is 25.9 Å². The molecular weight excluding hydrogens is 230 g/mol. The first-order valence-electron chi connectivity index (χ1n) is 5.13. The first kappa shape index (κ1) is 13.0. The quantitative estimate of drug-likeness (QED) is 0.862. The maximum Gasteiger partial charge on any atom is 0.319 e. The molecule has 1 aromatic heterocycles. The Morgan fingerprint density at radius 2 is 2.12 bits per heavy atom. The van der Waals surface area contributed by atoms with Crippen molar-refractivity contribution >= 4 is 12.4 Å². The number of nitrogens with one attached hydrogen (secondary N) is 1. The number of piperidine rings is 1. The van der Waals surface area contributed by atoms with E-state index in [1.54, 1.807) is 19.4 Å². The maximum atomic E-state index is 5.73. The molecule has 1 aliphatic rings. The third kappa shape index (κ3) is 3.50. The molecule has 0 unspecified atom stereocenters. The van der Waals surface area contributed by atoms with Crippen molar-refractivity contribution in [3.8, 4) is 11.9 Å². The molecule has 5 nitrogen and oxygen atoms in total. The summed E-state index contributed by atoms with van der Waals surface area (Å²) in [6.45, 7) is 2.01. The number of halogens is 1. The lowest BCUT2D eigenvalue weighted by Crippen LogP contribution is -2.34. The molecule has 0 atom stereocenters. The van der Waals surface area contributed by atoms with Crippen LogP contribution in [0.25, 0.3) is 0 Å². The first-order valence-corrected chi connectivity index (χ1v) is 5.13. The third-order valence-corrected chi connectivity index (χ3v) is 2.36. The summed E-state index contributed by atoms with van der Waals surface area (Å²) < 4.78 is 10.7. The van der Waals surface area contributed by atoms with Gasteiger partial charge in [0, 0.05) is 12.3 Å². The van der Waals surface area contributed by atoms with Crippen molar-refractivity contribution in [2.24, 2.45) is 0 Å². The van der Waals surface area contributed by atoms with Crippen molar-refractivity contribution in [2.75, 3.05) is 20.2 Å². The van der Waals surface area contributed by atoms with Crippen LogP contribution >= 0.6 is 12.4 Å². The normalized spacial score (nSPS) is 16.3. The number of ether oxygens (including phenoxy) is 2. The van der Waals surface area contributed by atoms with Crippen LogP contribution in [0.3, 0.4) is 0 Å². The Kier molecular flexibility index (Phi) is 5.28. The van der Waals surface area contributed by atoms with Crippen LogP contribution in [-0.2, 0) is 0 Å². The minimum Gasteiger partial charge on any atom is -0.474 e. The van der Waals surface area contributed by atoms with E-state index >= 15 is 0 Å². The summed E-state index contributed by atoms with van der Waals surface area (Å²) in [5.74, 6) is 0.591. The summed E-state index contributed by atoms with van der Waals surface area (Å²) in [5, 5.41) is 3.29. The van der Waals surface area contributed by atoms with E-state index in [0.29, 0.717) is 11.9 Å². The average Bonchev–Trinajstić information content (AvgIpc) is 2.31. The van der Waals surface area contributed by atoms with Crippen LogP contribution < -0.4 is 14.8 Å². The summed E-state index contributed by atoms with van der Waals surface area (Å²) in [7, 11) is 1.55. The summed E-state index contributed by atoms with van der Waals surface area (Å²) in [6.07, 6.45) is 3.94. The van der Waals surface area contributed by atoms with E-state index in [2.05, 4.69) is 15.3 Å². The summed E-state index contributed by atoms with van der Waals surface area (Å²) in [6, 6.07) is 2.10. The van der Waals surface area contributed by atoms with E-state index in [4.69, 9.17) is 9.47 Å². The number of aromatic nitrogens is 2. The van der Waals surface area contributed by atoms with Crippen LogP contribution in [0.15, 0.2) is 12.3 Å². The van der Waals surface area contributed by atoms with Gasteiger partial charge in [-0.15, -0.1) is 12.4 Å². The topological polar surface area (TPSA) is 56.3 Å². The Bertz CT molecular complexity index is 319. The van der Waals surface area contributed by atoms with Crippen LogP contribution in [0.4, 0.5) is 0 Å². The van der Waals surface area contributed by atoms with Crippen LogP contribution in [0, 0.1) is 0 Å². The van der Waals surface area contributed by atoms with Gasteiger partial charge in [0.05, 0.1) is 7.11 Å². The number of methoxy groups -OCH3 is 1. The highest BCUT2D eigenvalue weighted by Gasteiger charge is 2.15. The third-order valence-electron chi connectivity index (χ3n) is 2.36. The van der Waals surface area contributed by atoms with E-state index < -0.39 is 0 Å². The first-order chi connectivity index (χ1) is 7.38. The van der Waals surface area contributed by atoms with Gasteiger partial charge in [-0.1, -0.05) is 0 Å². The summed E-state index contributed by atoms with van der Waals surface area (Å²) >= 11 is 0. The van der Waals surface area contributed by atoms with Gasteiger partial charge in [-0.3, -0.25) is 0 Å². The molecule has 6 heteroatoms. The van der Waals surface area contributed by atoms with Crippen LogP contribution in [0.1, 0.15) is 12.8 Å². The second-order valence-electron chi connectivity index (χ2n) is 3.45. The molecule has 2 heterocycles. The lowest BCUT2D eigenvalue weighted by atomic mass is 10.1. The van der Waals surface area contributed by atoms with Gasteiger partial charge in [-0.2, -0.15) is 4.98 Å². The van der Waals surface area contributed by atoms with Crippen molar-refractivity contribution in [3.05, 3.63) is 12.3 Å². The van der Waals surface area contributed by atoms with Crippen molar-refractivity contribution < 1.29 is 9.47 Å². The molecule has 2 rings (SSSR count). The van der Waals surface area contributed by atoms with Gasteiger partial charge in [-0.25, -0.2) is 4.98 Å². The molecule has 16 heavy (non-hydrogen) atoms. The summed E-state index contributed by atoms with van der Waals surface area (Å²) in [5.41, 5.74) is 0. The van der Waals surface area contributed by atoms with Gasteiger partial charge in [0.1, 0.15) is 6.10 Å². The Morgan fingerprint density at radius 1 is 1.38 bits per heavy atom. The average molecular weight is 246 g/mol. The lowest BCUT2D eigenvalue weighted by molar-refractivity contribution is 0.154. The second-order valence-corrected chi connectivity index (χ2v) is 3.45. The highest BCUT2D eigenvalue weighted by molar-refractivity contribution is 5.85. The smallest absolute Gasteiger partial charge is 0.319 e. The number of hydrogen-bond acceptors (Lipinski definition) is 5. The zero-order valence-electron chi connectivity index (χ0n) is 9.18. The van der Waals surface area contributed by atoms with Gasteiger partial charge in [0.2, 0.25) is 5.88 Å². The molecule has 1 fully saturated rings. The predicted octanol–water partition coefficient (Wildman–Crippen LogP) is 1.04. The summed E-state index contributed by atoms with van der Waals surface area (Å²) in [4.78, 5) is 8.03. The minimum absolute atomic E-state index is 0. The molecule has 0 bridgehead atoms. The van der Waals surface area contributed by atoms with Crippen molar-refractivity contribution in [2.45, 2.75) is 18.9 Å². The molecule has 0 saturated carbocycles. The highest BCUT2D eigenvalue weighted by Crippen LogP contribution is 2.15. The second kappa shape index (κ2) is 6.50. The van der Waals surface area contributed by atoms with E-state index in [1.807, 2.05) is 0 Å². The number of nitrogens with zero attached hydrogens (tertiary/aromatic N) is 2. The zero-order valence-corrected chi connectivity index (χ0v) is 10.00. The SMILES string of the molecule is COc1nccc(OC2CCNCC2)n1.Cl. The fraction of sp³-hybridized carbons (Fsp3) is 0.600. The zero-order chi connectivity index (χ0) is 10.5. The van der Waals surface area contributed by atoms with Crippen molar-refractivity contribution in [1.29, 1.82) is 0 Å². The van der Waals surface area contributed by atoms with Gasteiger partial charge in [0.25, 0.3) is 0 Å². The van der Waals surface area contributed by atoms with Crippen LogP contribution in [0.2, 0.25) is 0 Å². The standard InChI is InChI=1S/C10H15N3O2.ClH/c1-14-10-12-7-4-9(13-10)15-8-2-5-11-6-3-8;/h4,7-8,11H,2-3,5-6H2,1H3;1H. The van der Waals surface area contributed by atoms with E-state index in [9.17, 15) is 0 Å². The largest absolute Gasteiger partial charge is 0.474 e. The van der Waals surface area contributed by atoms with Gasteiger partial charge in [-0.05, 0) is 25.9 Å². The maximum absolute atomic E-state index is 5.73. The monoisotopic (exact) mass is 245 g/mol. The Morgan fingerprint density at radius 3 is 2.81 bits per heavy atom. The van der Waals surface area contributed by atoms with Gasteiger partial charge < -0.3 is 14.8 Å². The minimum atomic E-state index is 0. The van der Waals surface area contributed by atoms with Crippen molar-refractivity contribution in [3.63, 3.8) is 0 Å². The predicted molar refractivity (Wildman–Crippen MR) is 62.4 cm³/mol. The molecule has 0 spiro atoms. The molecule has 0 amide bonds. The molecule has 0 aromatic carbocycles. The van der Waals surface area contributed by atoms with E-state index in [1.165, 1.54) is 0 Å². The van der Waals surface area contributed by atoms with Gasteiger partial charge in [0.15, 0.2) is 0 Å². The molecule has 1 N–H and O–H groups in total. The number of hydrogen-bond donors (Lipinski definition) is 1. The Balaban J connectivity index is 0.00000128. The highest BCUT2D eigenvalue weighted by atomic mass is 35.5. The molecule has 90 valence electrons. The number of rotatable bonds is 3. The molecule has 1 saturated heterocycles.